The van der Waals surface area contributed by atoms with Gasteiger partial charge in [0.1, 0.15) is 0 Å². The second-order valence-electron chi connectivity index (χ2n) is 4.51. The fourth-order valence-electron chi connectivity index (χ4n) is 2.07. The molecular formula is C17H17NO. The normalized spacial score (nSPS) is 10.0. The Morgan fingerprint density at radius 1 is 1.05 bits per heavy atom. The zero-order chi connectivity index (χ0) is 13.8. The first kappa shape index (κ1) is 13.1. The van der Waals surface area contributed by atoms with E-state index in [1.54, 1.807) is 12.1 Å². The van der Waals surface area contributed by atoms with Crippen LogP contribution in [-0.4, -0.2) is 5.91 Å². The van der Waals surface area contributed by atoms with Crippen molar-refractivity contribution in [1.82, 2.24) is 0 Å². The van der Waals surface area contributed by atoms with Gasteiger partial charge in [-0.05, 0) is 36.6 Å². The van der Waals surface area contributed by atoms with Crippen molar-refractivity contribution in [1.29, 1.82) is 0 Å². The van der Waals surface area contributed by atoms with E-state index in [1.165, 1.54) is 0 Å². The monoisotopic (exact) mass is 251 g/mol. The molecule has 96 valence electrons. The van der Waals surface area contributed by atoms with Crippen LogP contribution in [0, 0.1) is 13.8 Å². The van der Waals surface area contributed by atoms with Gasteiger partial charge in [-0.15, -0.1) is 0 Å². The highest BCUT2D eigenvalue weighted by Gasteiger charge is 2.11. The molecule has 0 bridgehead atoms. The highest BCUT2D eigenvalue weighted by molar-refractivity contribution is 6.07. The lowest BCUT2D eigenvalue weighted by Crippen LogP contribution is -2.14. The number of aryl methyl sites for hydroxylation is 2. The average molecular weight is 251 g/mol. The van der Waals surface area contributed by atoms with Gasteiger partial charge in [0.15, 0.2) is 0 Å². The van der Waals surface area contributed by atoms with E-state index >= 15 is 0 Å². The standard InChI is InChI=1S/C17H17NO/c1-4-14-10-5-6-11-15(14)17(19)18-16-12(2)8-7-9-13(16)3/h4-11H,1H2,2-3H3,(H,18,19). The Labute approximate surface area is 113 Å². The predicted octanol–water partition coefficient (Wildman–Crippen LogP) is 4.20. The van der Waals surface area contributed by atoms with E-state index in [4.69, 9.17) is 0 Å². The number of hydrogen-bond acceptors (Lipinski definition) is 1. The van der Waals surface area contributed by atoms with Gasteiger partial charge in [0.25, 0.3) is 5.91 Å². The molecule has 19 heavy (non-hydrogen) atoms. The third-order valence-corrected chi connectivity index (χ3v) is 3.14. The van der Waals surface area contributed by atoms with Crippen LogP contribution in [-0.2, 0) is 0 Å². The Morgan fingerprint density at radius 3 is 2.32 bits per heavy atom. The molecule has 0 radical (unpaired) electrons. The van der Waals surface area contributed by atoms with E-state index in [9.17, 15) is 4.79 Å². The minimum absolute atomic E-state index is 0.104. The third-order valence-electron chi connectivity index (χ3n) is 3.14. The van der Waals surface area contributed by atoms with E-state index in [0.29, 0.717) is 5.56 Å². The van der Waals surface area contributed by atoms with Gasteiger partial charge in [-0.1, -0.05) is 49.1 Å². The number of rotatable bonds is 3. The number of para-hydroxylation sites is 1. The van der Waals surface area contributed by atoms with Crippen molar-refractivity contribution < 1.29 is 4.79 Å². The van der Waals surface area contributed by atoms with Crippen LogP contribution < -0.4 is 5.32 Å². The second-order valence-corrected chi connectivity index (χ2v) is 4.51. The quantitative estimate of drug-likeness (QED) is 0.870. The van der Waals surface area contributed by atoms with Gasteiger partial charge in [0.05, 0.1) is 0 Å². The lowest BCUT2D eigenvalue weighted by atomic mass is 10.1. The summed E-state index contributed by atoms with van der Waals surface area (Å²) in [6.45, 7) is 7.71. The number of nitrogens with one attached hydrogen (secondary N) is 1. The van der Waals surface area contributed by atoms with E-state index in [2.05, 4.69) is 11.9 Å². The van der Waals surface area contributed by atoms with Crippen LogP contribution in [0.15, 0.2) is 49.0 Å². The summed E-state index contributed by atoms with van der Waals surface area (Å²) in [4.78, 5) is 12.3. The average Bonchev–Trinajstić information content (AvgIpc) is 2.42. The Hall–Kier alpha value is -2.35. The largest absolute Gasteiger partial charge is 0.321 e. The van der Waals surface area contributed by atoms with Crippen LogP contribution in [0.25, 0.3) is 6.08 Å². The summed E-state index contributed by atoms with van der Waals surface area (Å²) in [5, 5.41) is 2.98. The summed E-state index contributed by atoms with van der Waals surface area (Å²) in [5.74, 6) is -0.104. The topological polar surface area (TPSA) is 29.1 Å². The summed E-state index contributed by atoms with van der Waals surface area (Å²) in [6, 6.07) is 13.4. The second kappa shape index (κ2) is 5.53. The lowest BCUT2D eigenvalue weighted by Gasteiger charge is -2.12. The molecule has 1 amide bonds. The zero-order valence-corrected chi connectivity index (χ0v) is 11.2. The molecule has 0 aliphatic carbocycles. The summed E-state index contributed by atoms with van der Waals surface area (Å²) in [5.41, 5.74) is 4.48. The number of anilines is 1. The molecule has 0 saturated heterocycles. The van der Waals surface area contributed by atoms with Gasteiger partial charge < -0.3 is 5.32 Å². The van der Waals surface area contributed by atoms with Crippen LogP contribution >= 0.6 is 0 Å². The molecule has 0 heterocycles. The maximum absolute atomic E-state index is 12.3. The van der Waals surface area contributed by atoms with Gasteiger partial charge in [0.2, 0.25) is 0 Å². The smallest absolute Gasteiger partial charge is 0.256 e. The first-order valence-corrected chi connectivity index (χ1v) is 6.22. The molecule has 0 unspecified atom stereocenters. The van der Waals surface area contributed by atoms with Crippen LogP contribution in [0.1, 0.15) is 27.0 Å². The Bertz CT molecular complexity index is 609. The van der Waals surface area contributed by atoms with Gasteiger partial charge in [-0.3, -0.25) is 4.79 Å². The fraction of sp³-hybridized carbons (Fsp3) is 0.118. The Morgan fingerprint density at radius 2 is 1.68 bits per heavy atom. The summed E-state index contributed by atoms with van der Waals surface area (Å²) in [7, 11) is 0. The van der Waals surface area contributed by atoms with Crippen molar-refractivity contribution in [2.24, 2.45) is 0 Å². The zero-order valence-electron chi connectivity index (χ0n) is 11.2. The van der Waals surface area contributed by atoms with Crippen molar-refractivity contribution >= 4 is 17.7 Å². The first-order chi connectivity index (χ1) is 9.13. The molecular weight excluding hydrogens is 234 g/mol. The number of amides is 1. The highest BCUT2D eigenvalue weighted by Crippen LogP contribution is 2.21. The molecule has 2 aromatic carbocycles. The van der Waals surface area contributed by atoms with Crippen molar-refractivity contribution in [3.63, 3.8) is 0 Å². The molecule has 2 nitrogen and oxygen atoms in total. The number of carbonyl (C=O) groups excluding carboxylic acids is 1. The molecule has 0 fully saturated rings. The molecule has 0 spiro atoms. The molecule has 1 N–H and O–H groups in total. The summed E-state index contributed by atoms with van der Waals surface area (Å²) < 4.78 is 0. The highest BCUT2D eigenvalue weighted by atomic mass is 16.1. The molecule has 2 aromatic rings. The van der Waals surface area contributed by atoms with E-state index in [0.717, 1.165) is 22.4 Å². The van der Waals surface area contributed by atoms with Crippen molar-refractivity contribution in [3.05, 3.63) is 71.3 Å². The van der Waals surface area contributed by atoms with Crippen LogP contribution in [0.4, 0.5) is 5.69 Å². The fourth-order valence-corrected chi connectivity index (χ4v) is 2.07. The van der Waals surface area contributed by atoms with Crippen molar-refractivity contribution in [2.75, 3.05) is 5.32 Å². The van der Waals surface area contributed by atoms with Gasteiger partial charge in [-0.25, -0.2) is 0 Å². The predicted molar refractivity (Wildman–Crippen MR) is 80.4 cm³/mol. The molecule has 2 rings (SSSR count). The maximum atomic E-state index is 12.3. The molecule has 0 atom stereocenters. The summed E-state index contributed by atoms with van der Waals surface area (Å²) in [6.07, 6.45) is 1.69. The number of carbonyl (C=O) groups is 1. The molecule has 0 saturated carbocycles. The third kappa shape index (κ3) is 2.74. The Balaban J connectivity index is 2.34. The number of hydrogen-bond donors (Lipinski definition) is 1. The van der Waals surface area contributed by atoms with Crippen LogP contribution in [0.3, 0.4) is 0 Å². The van der Waals surface area contributed by atoms with E-state index < -0.39 is 0 Å². The van der Waals surface area contributed by atoms with Gasteiger partial charge in [0, 0.05) is 11.3 Å². The van der Waals surface area contributed by atoms with Crippen LogP contribution in [0.5, 0.6) is 0 Å². The summed E-state index contributed by atoms with van der Waals surface area (Å²) >= 11 is 0. The minimum atomic E-state index is -0.104. The number of benzene rings is 2. The van der Waals surface area contributed by atoms with E-state index in [1.807, 2.05) is 50.2 Å². The molecule has 2 heteroatoms. The molecule has 0 aromatic heterocycles. The van der Waals surface area contributed by atoms with Crippen molar-refractivity contribution in [3.8, 4) is 0 Å². The minimum Gasteiger partial charge on any atom is -0.321 e. The maximum Gasteiger partial charge on any atom is 0.256 e. The van der Waals surface area contributed by atoms with Crippen LogP contribution in [0.2, 0.25) is 0 Å². The first-order valence-electron chi connectivity index (χ1n) is 6.22. The van der Waals surface area contributed by atoms with Gasteiger partial charge in [-0.2, -0.15) is 0 Å². The SMILES string of the molecule is C=Cc1ccccc1C(=O)Nc1c(C)cccc1C. The lowest BCUT2D eigenvalue weighted by molar-refractivity contribution is 0.102. The Kier molecular flexibility index (Phi) is 3.81. The van der Waals surface area contributed by atoms with E-state index in [-0.39, 0.29) is 5.91 Å². The molecule has 0 aliphatic heterocycles. The molecule has 0 aliphatic rings. The van der Waals surface area contributed by atoms with Crippen molar-refractivity contribution in [2.45, 2.75) is 13.8 Å². The van der Waals surface area contributed by atoms with Gasteiger partial charge >= 0.3 is 0 Å².